The van der Waals surface area contributed by atoms with E-state index in [1.807, 2.05) is 19.9 Å². The van der Waals surface area contributed by atoms with Crippen molar-refractivity contribution in [1.29, 1.82) is 0 Å². The van der Waals surface area contributed by atoms with E-state index in [0.29, 0.717) is 24.7 Å². The number of aryl methyl sites for hydroxylation is 1. The van der Waals surface area contributed by atoms with Crippen LogP contribution in [0.15, 0.2) is 18.2 Å². The molecule has 1 unspecified atom stereocenters. The largest absolute Gasteiger partial charge is 0.494 e. The molecule has 0 aliphatic rings. The van der Waals surface area contributed by atoms with Crippen LogP contribution in [0, 0.1) is 5.92 Å². The molecule has 0 fully saturated rings. The number of carbonyl (C=O) groups is 1. The van der Waals surface area contributed by atoms with E-state index in [9.17, 15) is 4.79 Å². The van der Waals surface area contributed by atoms with E-state index in [1.165, 1.54) is 5.56 Å². The molecule has 0 spiro atoms. The summed E-state index contributed by atoms with van der Waals surface area (Å²) < 4.78 is 5.71. The summed E-state index contributed by atoms with van der Waals surface area (Å²) in [5, 5.41) is 0. The van der Waals surface area contributed by atoms with Crippen molar-refractivity contribution in [3.8, 4) is 5.75 Å². The fourth-order valence-electron chi connectivity index (χ4n) is 2.47. The highest BCUT2D eigenvalue weighted by molar-refractivity contribution is 5.86. The Labute approximate surface area is 117 Å². The zero-order valence-electron chi connectivity index (χ0n) is 12.8. The standard InChI is InChI=1S/C17H26O2/c1-6-13-9-10-16(19-8-3)14(11-13)17(12(4)5)15(18)7-2/h9-12,17H,6-8H2,1-5H3. The molecule has 19 heavy (non-hydrogen) atoms. The molecule has 106 valence electrons. The van der Waals surface area contributed by atoms with Crippen molar-refractivity contribution < 1.29 is 9.53 Å². The minimum absolute atomic E-state index is 0.0574. The second kappa shape index (κ2) is 7.32. The van der Waals surface area contributed by atoms with E-state index in [4.69, 9.17) is 4.74 Å². The average molecular weight is 262 g/mol. The predicted molar refractivity (Wildman–Crippen MR) is 79.9 cm³/mol. The molecule has 2 heteroatoms. The Kier molecular flexibility index (Phi) is 6.07. The molecule has 0 N–H and O–H groups in total. The van der Waals surface area contributed by atoms with Crippen molar-refractivity contribution in [2.75, 3.05) is 6.61 Å². The molecule has 0 bridgehead atoms. The molecule has 0 aromatic heterocycles. The monoisotopic (exact) mass is 262 g/mol. The molecule has 0 aliphatic heterocycles. The summed E-state index contributed by atoms with van der Waals surface area (Å²) >= 11 is 0. The lowest BCUT2D eigenvalue weighted by atomic mass is 9.82. The average Bonchev–Trinajstić information content (AvgIpc) is 2.40. The van der Waals surface area contributed by atoms with Gasteiger partial charge in [-0.15, -0.1) is 0 Å². The number of hydrogen-bond acceptors (Lipinski definition) is 2. The van der Waals surface area contributed by atoms with Gasteiger partial charge in [-0.05, 0) is 30.9 Å². The SMILES string of the molecule is CCOc1ccc(CC)cc1C(C(=O)CC)C(C)C. The van der Waals surface area contributed by atoms with Crippen LogP contribution in [0.1, 0.15) is 58.1 Å². The van der Waals surface area contributed by atoms with Crippen molar-refractivity contribution in [3.05, 3.63) is 29.3 Å². The Morgan fingerprint density at radius 1 is 1.21 bits per heavy atom. The number of benzene rings is 1. The molecule has 1 rings (SSSR count). The highest BCUT2D eigenvalue weighted by atomic mass is 16.5. The summed E-state index contributed by atoms with van der Waals surface area (Å²) in [5.41, 5.74) is 2.32. The summed E-state index contributed by atoms with van der Waals surface area (Å²) in [7, 11) is 0. The molecule has 1 aromatic carbocycles. The third kappa shape index (κ3) is 3.82. The molecule has 1 aromatic rings. The fraction of sp³-hybridized carbons (Fsp3) is 0.588. The van der Waals surface area contributed by atoms with Gasteiger partial charge in [0, 0.05) is 17.9 Å². The summed E-state index contributed by atoms with van der Waals surface area (Å²) in [6.45, 7) is 10.9. The maximum absolute atomic E-state index is 12.3. The number of ketones is 1. The quantitative estimate of drug-likeness (QED) is 0.729. The molecule has 0 saturated carbocycles. The van der Waals surface area contributed by atoms with Crippen molar-refractivity contribution in [2.45, 2.75) is 53.4 Å². The summed E-state index contributed by atoms with van der Waals surface area (Å²) in [4.78, 5) is 12.3. The molecule has 0 saturated heterocycles. The normalized spacial score (nSPS) is 12.5. The number of ether oxygens (including phenoxy) is 1. The second-order valence-electron chi connectivity index (χ2n) is 5.20. The van der Waals surface area contributed by atoms with Crippen LogP contribution in [0.2, 0.25) is 0 Å². The number of hydrogen-bond donors (Lipinski definition) is 0. The minimum atomic E-state index is -0.0574. The Morgan fingerprint density at radius 3 is 2.37 bits per heavy atom. The van der Waals surface area contributed by atoms with E-state index in [-0.39, 0.29) is 5.92 Å². The van der Waals surface area contributed by atoms with Crippen LogP contribution >= 0.6 is 0 Å². The van der Waals surface area contributed by atoms with Gasteiger partial charge in [0.15, 0.2) is 0 Å². The molecule has 0 amide bonds. The van der Waals surface area contributed by atoms with Crippen LogP contribution in [0.5, 0.6) is 5.75 Å². The topological polar surface area (TPSA) is 26.3 Å². The molecular formula is C17H26O2. The Balaban J connectivity index is 3.28. The van der Waals surface area contributed by atoms with Gasteiger partial charge in [0.05, 0.1) is 6.61 Å². The van der Waals surface area contributed by atoms with Gasteiger partial charge >= 0.3 is 0 Å². The lowest BCUT2D eigenvalue weighted by Gasteiger charge is -2.23. The minimum Gasteiger partial charge on any atom is -0.494 e. The van der Waals surface area contributed by atoms with E-state index in [0.717, 1.165) is 17.7 Å². The summed E-state index contributed by atoms with van der Waals surface area (Å²) in [6, 6.07) is 6.24. The van der Waals surface area contributed by atoms with Gasteiger partial charge in [-0.1, -0.05) is 39.8 Å². The van der Waals surface area contributed by atoms with E-state index in [1.54, 1.807) is 0 Å². The lowest BCUT2D eigenvalue weighted by Crippen LogP contribution is -2.18. The Bertz CT molecular complexity index is 421. The number of rotatable bonds is 7. The highest BCUT2D eigenvalue weighted by Crippen LogP contribution is 2.34. The summed E-state index contributed by atoms with van der Waals surface area (Å²) in [5.74, 6) is 1.39. The maximum atomic E-state index is 12.3. The third-order valence-corrected chi connectivity index (χ3v) is 3.48. The van der Waals surface area contributed by atoms with Gasteiger partial charge in [-0.25, -0.2) is 0 Å². The molecule has 2 nitrogen and oxygen atoms in total. The molecule has 0 aliphatic carbocycles. The lowest BCUT2D eigenvalue weighted by molar-refractivity contribution is -0.121. The highest BCUT2D eigenvalue weighted by Gasteiger charge is 2.26. The summed E-state index contributed by atoms with van der Waals surface area (Å²) in [6.07, 6.45) is 1.55. The fourth-order valence-corrected chi connectivity index (χ4v) is 2.47. The zero-order chi connectivity index (χ0) is 14.4. The third-order valence-electron chi connectivity index (χ3n) is 3.48. The van der Waals surface area contributed by atoms with Crippen LogP contribution in [-0.2, 0) is 11.2 Å². The first-order valence-corrected chi connectivity index (χ1v) is 7.33. The Hall–Kier alpha value is -1.31. The van der Waals surface area contributed by atoms with Crippen LogP contribution in [0.25, 0.3) is 0 Å². The number of carbonyl (C=O) groups excluding carboxylic acids is 1. The van der Waals surface area contributed by atoms with E-state index in [2.05, 4.69) is 32.9 Å². The Morgan fingerprint density at radius 2 is 1.89 bits per heavy atom. The molecular weight excluding hydrogens is 236 g/mol. The molecule has 1 atom stereocenters. The maximum Gasteiger partial charge on any atom is 0.140 e. The van der Waals surface area contributed by atoms with Crippen molar-refractivity contribution in [2.24, 2.45) is 5.92 Å². The smallest absolute Gasteiger partial charge is 0.140 e. The first-order chi connectivity index (χ1) is 9.04. The zero-order valence-corrected chi connectivity index (χ0v) is 12.8. The molecule has 0 heterocycles. The van der Waals surface area contributed by atoms with Gasteiger partial charge in [0.2, 0.25) is 0 Å². The van der Waals surface area contributed by atoms with Crippen LogP contribution in [0.4, 0.5) is 0 Å². The van der Waals surface area contributed by atoms with Gasteiger partial charge in [0.1, 0.15) is 11.5 Å². The first kappa shape index (κ1) is 15.7. The second-order valence-corrected chi connectivity index (χ2v) is 5.20. The number of Topliss-reactive ketones (excluding diaryl/α,β-unsaturated/α-hetero) is 1. The van der Waals surface area contributed by atoms with Crippen LogP contribution < -0.4 is 4.74 Å². The van der Waals surface area contributed by atoms with Crippen molar-refractivity contribution in [3.63, 3.8) is 0 Å². The van der Waals surface area contributed by atoms with Crippen LogP contribution in [-0.4, -0.2) is 12.4 Å². The molecule has 0 radical (unpaired) electrons. The van der Waals surface area contributed by atoms with Gasteiger partial charge in [0.25, 0.3) is 0 Å². The van der Waals surface area contributed by atoms with Gasteiger partial charge in [-0.3, -0.25) is 4.79 Å². The first-order valence-electron chi connectivity index (χ1n) is 7.33. The van der Waals surface area contributed by atoms with Gasteiger partial charge < -0.3 is 4.74 Å². The van der Waals surface area contributed by atoms with E-state index >= 15 is 0 Å². The predicted octanol–water partition coefficient (Wildman–Crippen LogP) is 4.37. The van der Waals surface area contributed by atoms with Gasteiger partial charge in [-0.2, -0.15) is 0 Å². The van der Waals surface area contributed by atoms with E-state index < -0.39 is 0 Å². The van der Waals surface area contributed by atoms with Crippen LogP contribution in [0.3, 0.4) is 0 Å². The van der Waals surface area contributed by atoms with Crippen molar-refractivity contribution in [1.82, 2.24) is 0 Å². The van der Waals surface area contributed by atoms with Crippen molar-refractivity contribution >= 4 is 5.78 Å².